The van der Waals surface area contributed by atoms with E-state index in [1.807, 2.05) is 0 Å². The third kappa shape index (κ3) is 5.84. The van der Waals surface area contributed by atoms with Crippen molar-refractivity contribution >= 4 is 37.3 Å². The van der Waals surface area contributed by atoms with Gasteiger partial charge in [-0.05, 0) is 42.8 Å². The molecule has 154 valence electrons. The van der Waals surface area contributed by atoms with Gasteiger partial charge in [0, 0.05) is 16.8 Å². The van der Waals surface area contributed by atoms with E-state index in [2.05, 4.69) is 9.44 Å². The lowest BCUT2D eigenvalue weighted by Gasteiger charge is -2.18. The summed E-state index contributed by atoms with van der Waals surface area (Å²) in [4.78, 5) is -0.938. The van der Waals surface area contributed by atoms with Crippen molar-refractivity contribution in [1.29, 1.82) is 0 Å². The van der Waals surface area contributed by atoms with Crippen LogP contribution in [0.5, 0.6) is 0 Å². The highest BCUT2D eigenvalue weighted by Gasteiger charge is 2.37. The van der Waals surface area contributed by atoms with Crippen molar-refractivity contribution in [3.8, 4) is 0 Å². The number of hydrogen-bond donors (Lipinski definition) is 2. The summed E-state index contributed by atoms with van der Waals surface area (Å²) in [6.45, 7) is 1.44. The van der Waals surface area contributed by atoms with Gasteiger partial charge in [-0.1, -0.05) is 23.7 Å². The van der Waals surface area contributed by atoms with Crippen LogP contribution >= 0.6 is 11.6 Å². The molecule has 12 heteroatoms. The van der Waals surface area contributed by atoms with E-state index in [1.165, 1.54) is 31.2 Å². The van der Waals surface area contributed by atoms with Gasteiger partial charge in [0.15, 0.2) is 0 Å². The van der Waals surface area contributed by atoms with Gasteiger partial charge in [0.1, 0.15) is 0 Å². The van der Waals surface area contributed by atoms with Gasteiger partial charge in [-0.3, -0.25) is 4.72 Å². The molecule has 0 saturated heterocycles. The monoisotopic (exact) mass is 456 g/mol. The number of rotatable bonds is 6. The molecule has 28 heavy (non-hydrogen) atoms. The summed E-state index contributed by atoms with van der Waals surface area (Å²) in [7, 11) is -7.99. The molecule has 0 heterocycles. The summed E-state index contributed by atoms with van der Waals surface area (Å²) in [5.41, 5.74) is -0.684. The van der Waals surface area contributed by atoms with Gasteiger partial charge >= 0.3 is 6.18 Å². The Kier molecular flexibility index (Phi) is 6.34. The first-order valence-corrected chi connectivity index (χ1v) is 11.4. The first-order chi connectivity index (χ1) is 12.7. The van der Waals surface area contributed by atoms with E-state index >= 15 is 0 Å². The fourth-order valence-corrected chi connectivity index (χ4v) is 4.55. The summed E-state index contributed by atoms with van der Waals surface area (Å²) in [6, 6.07) is 7.23. The van der Waals surface area contributed by atoms with Crippen molar-refractivity contribution in [3.63, 3.8) is 0 Å². The highest BCUT2D eigenvalue weighted by atomic mass is 35.5. The number of alkyl halides is 3. The van der Waals surface area contributed by atoms with Gasteiger partial charge in [0.2, 0.25) is 20.0 Å². The molecule has 1 unspecified atom stereocenters. The van der Waals surface area contributed by atoms with Gasteiger partial charge < -0.3 is 0 Å². The van der Waals surface area contributed by atoms with Crippen LogP contribution in [0, 0.1) is 0 Å². The molecule has 6 nitrogen and oxygen atoms in total. The zero-order valence-electron chi connectivity index (χ0n) is 14.6. The average Bonchev–Trinajstić information content (AvgIpc) is 2.52. The normalized spacial score (nSPS) is 13.9. The molecule has 0 aliphatic rings. The van der Waals surface area contributed by atoms with E-state index in [0.29, 0.717) is 11.6 Å². The molecule has 0 fully saturated rings. The Bertz CT molecular complexity index is 1070. The number of anilines is 1. The number of sulfonamides is 2. The summed E-state index contributed by atoms with van der Waals surface area (Å²) < 4.78 is 91.4. The largest absolute Gasteiger partial charge is 0.417 e. The second kappa shape index (κ2) is 7.90. The maximum atomic E-state index is 13.2. The van der Waals surface area contributed by atoms with E-state index in [-0.39, 0.29) is 10.7 Å². The highest BCUT2D eigenvalue weighted by molar-refractivity contribution is 7.92. The number of hydrogen-bond acceptors (Lipinski definition) is 4. The molecule has 0 saturated carbocycles. The molecule has 0 aliphatic carbocycles. The minimum Gasteiger partial charge on any atom is -0.284 e. The quantitative estimate of drug-likeness (QED) is 0.692. The third-order valence-electron chi connectivity index (χ3n) is 3.58. The zero-order valence-corrected chi connectivity index (χ0v) is 17.0. The van der Waals surface area contributed by atoms with Crippen LogP contribution in [-0.2, 0) is 26.2 Å². The molecule has 2 aromatic rings. The van der Waals surface area contributed by atoms with E-state index < -0.39 is 42.7 Å². The maximum Gasteiger partial charge on any atom is 0.417 e. The smallest absolute Gasteiger partial charge is 0.284 e. The second-order valence-corrected chi connectivity index (χ2v) is 9.84. The molecule has 0 bridgehead atoms. The molecule has 2 aromatic carbocycles. The van der Waals surface area contributed by atoms with Crippen molar-refractivity contribution in [3.05, 3.63) is 58.6 Å². The third-order valence-corrected chi connectivity index (χ3v) is 6.02. The van der Waals surface area contributed by atoms with Crippen LogP contribution in [0.2, 0.25) is 5.02 Å². The molecule has 2 rings (SSSR count). The van der Waals surface area contributed by atoms with Crippen LogP contribution in [0.15, 0.2) is 47.4 Å². The van der Waals surface area contributed by atoms with Crippen LogP contribution in [0.25, 0.3) is 0 Å². The topological polar surface area (TPSA) is 92.3 Å². The van der Waals surface area contributed by atoms with Crippen molar-refractivity contribution in [2.75, 3.05) is 11.0 Å². The van der Waals surface area contributed by atoms with Gasteiger partial charge in [0.25, 0.3) is 0 Å². The molecule has 0 aliphatic heterocycles. The lowest BCUT2D eigenvalue weighted by atomic mass is 10.1. The lowest BCUT2D eigenvalue weighted by molar-refractivity contribution is -0.139. The average molecular weight is 457 g/mol. The van der Waals surface area contributed by atoms with Gasteiger partial charge in [-0.2, -0.15) is 13.2 Å². The summed E-state index contributed by atoms with van der Waals surface area (Å²) in [5.74, 6) is 0. The molecule has 1 atom stereocenters. The molecule has 2 N–H and O–H groups in total. The number of nitrogens with one attached hydrogen (secondary N) is 2. The first-order valence-electron chi connectivity index (χ1n) is 7.66. The Morgan fingerprint density at radius 3 is 2.07 bits per heavy atom. The van der Waals surface area contributed by atoms with E-state index in [4.69, 9.17) is 11.6 Å². The number of halogens is 4. The van der Waals surface area contributed by atoms with Crippen molar-refractivity contribution < 1.29 is 30.0 Å². The second-order valence-electron chi connectivity index (χ2n) is 5.98. The highest BCUT2D eigenvalue weighted by Crippen LogP contribution is 2.36. The van der Waals surface area contributed by atoms with Crippen LogP contribution in [0.1, 0.15) is 24.1 Å². The fourth-order valence-electron chi connectivity index (χ4n) is 2.38. The van der Waals surface area contributed by atoms with Crippen LogP contribution in [0.4, 0.5) is 18.9 Å². The van der Waals surface area contributed by atoms with E-state index in [9.17, 15) is 30.0 Å². The first kappa shape index (κ1) is 22.5. The molecule has 0 radical (unpaired) electrons. The minimum atomic E-state index is -4.91. The lowest BCUT2D eigenvalue weighted by Crippen LogP contribution is -2.29. The maximum absolute atomic E-state index is 13.2. The standard InChI is InChI=1S/C16H16ClF3N2O4S2/c1-10(11-3-6-13(7-4-11)22-27(2,23)24)21-28(25,26)15-8-5-12(17)9-14(15)16(18,19)20/h3-10,21-22H,1-2H3. The molecule has 0 amide bonds. The van der Waals surface area contributed by atoms with Crippen molar-refractivity contribution in [1.82, 2.24) is 4.72 Å². The van der Waals surface area contributed by atoms with Crippen molar-refractivity contribution in [2.45, 2.75) is 24.0 Å². The van der Waals surface area contributed by atoms with Crippen LogP contribution < -0.4 is 9.44 Å². The Hall–Kier alpha value is -1.82. The Balaban J connectivity index is 2.30. The van der Waals surface area contributed by atoms with Gasteiger partial charge in [-0.25, -0.2) is 21.6 Å². The molecular formula is C16H16ClF3N2O4S2. The summed E-state index contributed by atoms with van der Waals surface area (Å²) in [6.07, 6.45) is -3.93. The predicted octanol–water partition coefficient (Wildman–Crippen LogP) is 3.77. The number of benzene rings is 2. The van der Waals surface area contributed by atoms with E-state index in [1.54, 1.807) is 0 Å². The summed E-state index contributed by atoms with van der Waals surface area (Å²) in [5, 5.41) is -0.242. The molecule has 0 spiro atoms. The Labute approximate surface area is 165 Å². The molecular weight excluding hydrogens is 441 g/mol. The van der Waals surface area contributed by atoms with Crippen LogP contribution in [0.3, 0.4) is 0 Å². The minimum absolute atomic E-state index is 0.242. The molecule has 0 aromatic heterocycles. The van der Waals surface area contributed by atoms with E-state index in [0.717, 1.165) is 18.4 Å². The van der Waals surface area contributed by atoms with Crippen LogP contribution in [-0.4, -0.2) is 23.1 Å². The fraction of sp³-hybridized carbons (Fsp3) is 0.250. The zero-order chi connectivity index (χ0) is 21.3. The van der Waals surface area contributed by atoms with Gasteiger partial charge in [-0.15, -0.1) is 0 Å². The van der Waals surface area contributed by atoms with Crippen molar-refractivity contribution in [2.24, 2.45) is 0 Å². The SMILES string of the molecule is CC(NS(=O)(=O)c1ccc(Cl)cc1C(F)(F)F)c1ccc(NS(C)(=O)=O)cc1. The Morgan fingerprint density at radius 2 is 1.57 bits per heavy atom. The Morgan fingerprint density at radius 1 is 1.00 bits per heavy atom. The van der Waals surface area contributed by atoms with Gasteiger partial charge in [0.05, 0.1) is 16.7 Å². The predicted molar refractivity (Wildman–Crippen MR) is 100 cm³/mol. The summed E-state index contributed by atoms with van der Waals surface area (Å²) >= 11 is 5.57.